The average molecular weight is 359 g/mol. The molecule has 2 aliphatic rings. The fourth-order valence-electron chi connectivity index (χ4n) is 3.23. The van der Waals surface area contributed by atoms with Gasteiger partial charge in [0.15, 0.2) is 0 Å². The smallest absolute Gasteiger partial charge is 0.371 e. The molecular weight excluding hydrogens is 339 g/mol. The minimum Gasteiger partial charge on any atom is -0.371 e. The van der Waals surface area contributed by atoms with Crippen LogP contribution in [0.5, 0.6) is 0 Å². The third kappa shape index (κ3) is 3.96. The Bertz CT molecular complexity index is 590. The summed E-state index contributed by atoms with van der Waals surface area (Å²) in [4.78, 5) is 19.8. The number of alkyl halides is 3. The van der Waals surface area contributed by atoms with E-state index in [0.717, 1.165) is 43.5 Å². The Morgan fingerprint density at radius 3 is 2.71 bits per heavy atom. The van der Waals surface area contributed by atoms with Crippen molar-refractivity contribution in [2.75, 3.05) is 42.6 Å². The number of hydrogen-bond acceptors (Lipinski definition) is 4. The molecule has 2 saturated heterocycles. The van der Waals surface area contributed by atoms with Gasteiger partial charge in [-0.05, 0) is 25.0 Å². The molecule has 0 aromatic carbocycles. The Morgan fingerprint density at radius 1 is 1.25 bits per heavy atom. The van der Waals surface area contributed by atoms with Gasteiger partial charge in [-0.15, -0.1) is 0 Å². The zero-order valence-electron chi connectivity index (χ0n) is 13.3. The number of amides is 1. The number of aromatic nitrogens is 1. The van der Waals surface area contributed by atoms with Crippen LogP contribution in [0.2, 0.25) is 0 Å². The molecule has 0 bridgehead atoms. The third-order valence-electron chi connectivity index (χ3n) is 4.49. The summed E-state index contributed by atoms with van der Waals surface area (Å²) in [6.07, 6.45) is -1.66. The van der Waals surface area contributed by atoms with Crippen molar-refractivity contribution in [3.8, 4) is 0 Å². The maximum absolute atomic E-state index is 12.8. The van der Waals surface area contributed by atoms with Crippen molar-refractivity contribution in [2.24, 2.45) is 5.92 Å². The molecule has 3 rings (SSSR count). The number of carbonyl (C=O) groups is 1. The van der Waals surface area contributed by atoms with Crippen LogP contribution in [-0.2, 0) is 11.0 Å². The van der Waals surface area contributed by atoms with E-state index in [-0.39, 0.29) is 11.8 Å². The van der Waals surface area contributed by atoms with Crippen LogP contribution in [0.25, 0.3) is 0 Å². The van der Waals surface area contributed by atoms with E-state index in [4.69, 9.17) is 0 Å². The molecule has 1 aromatic heterocycles. The molecule has 2 fully saturated rings. The third-order valence-corrected chi connectivity index (χ3v) is 5.43. The Hall–Kier alpha value is -1.44. The molecule has 0 spiro atoms. The van der Waals surface area contributed by atoms with E-state index in [1.165, 1.54) is 6.20 Å². The first-order valence-electron chi connectivity index (χ1n) is 8.10. The fourth-order valence-corrected chi connectivity index (χ4v) is 4.13. The standard InChI is InChI=1S/C16H20F3N3OS/c17-16(18,19)14-10-13(3-4-20-14)22-5-1-2-12(11-22)15(23)21-6-8-24-9-7-21/h3-4,10,12H,1-2,5-9,11H2. The molecule has 4 nitrogen and oxygen atoms in total. The van der Waals surface area contributed by atoms with Gasteiger partial charge in [-0.25, -0.2) is 0 Å². The van der Waals surface area contributed by atoms with Crippen LogP contribution in [0.15, 0.2) is 18.3 Å². The van der Waals surface area contributed by atoms with Gasteiger partial charge in [0.2, 0.25) is 5.91 Å². The molecule has 2 aliphatic heterocycles. The fraction of sp³-hybridized carbons (Fsp3) is 0.625. The molecule has 1 amide bonds. The zero-order chi connectivity index (χ0) is 17.2. The first-order chi connectivity index (χ1) is 11.4. The van der Waals surface area contributed by atoms with Gasteiger partial charge in [0, 0.05) is 49.6 Å². The Labute approximate surface area is 143 Å². The van der Waals surface area contributed by atoms with Crippen molar-refractivity contribution in [1.82, 2.24) is 9.88 Å². The van der Waals surface area contributed by atoms with Crippen LogP contribution in [-0.4, -0.2) is 53.5 Å². The minimum absolute atomic E-state index is 0.135. The number of anilines is 1. The lowest BCUT2D eigenvalue weighted by Crippen LogP contribution is -2.47. The molecule has 0 saturated carbocycles. The average Bonchev–Trinajstić information content (AvgIpc) is 2.61. The summed E-state index contributed by atoms with van der Waals surface area (Å²) in [5.41, 5.74) is -0.398. The van der Waals surface area contributed by atoms with Gasteiger partial charge in [0.05, 0.1) is 5.92 Å². The highest BCUT2D eigenvalue weighted by Gasteiger charge is 2.34. The molecule has 24 heavy (non-hydrogen) atoms. The second kappa shape index (κ2) is 7.21. The number of hydrogen-bond donors (Lipinski definition) is 0. The number of rotatable bonds is 2. The van der Waals surface area contributed by atoms with E-state index in [0.29, 0.717) is 18.8 Å². The zero-order valence-corrected chi connectivity index (χ0v) is 14.1. The molecule has 0 N–H and O–H groups in total. The summed E-state index contributed by atoms with van der Waals surface area (Å²) in [6, 6.07) is 2.66. The monoisotopic (exact) mass is 359 g/mol. The predicted octanol–water partition coefficient (Wildman–Crippen LogP) is 2.89. The minimum atomic E-state index is -4.45. The maximum atomic E-state index is 12.8. The number of piperidine rings is 1. The summed E-state index contributed by atoms with van der Waals surface area (Å²) in [6.45, 7) is 2.69. The second-order valence-electron chi connectivity index (χ2n) is 6.12. The van der Waals surface area contributed by atoms with Crippen molar-refractivity contribution in [1.29, 1.82) is 0 Å². The largest absolute Gasteiger partial charge is 0.433 e. The molecule has 132 valence electrons. The second-order valence-corrected chi connectivity index (χ2v) is 7.34. The molecule has 0 aliphatic carbocycles. The first-order valence-corrected chi connectivity index (χ1v) is 9.25. The molecule has 1 unspecified atom stereocenters. The van der Waals surface area contributed by atoms with E-state index >= 15 is 0 Å². The Kier molecular flexibility index (Phi) is 5.22. The lowest BCUT2D eigenvalue weighted by molar-refractivity contribution is -0.141. The van der Waals surface area contributed by atoms with Crippen LogP contribution < -0.4 is 4.90 Å². The number of nitrogens with zero attached hydrogens (tertiary/aromatic N) is 3. The molecule has 8 heteroatoms. The maximum Gasteiger partial charge on any atom is 0.433 e. The Balaban J connectivity index is 1.70. The van der Waals surface area contributed by atoms with Crippen molar-refractivity contribution < 1.29 is 18.0 Å². The topological polar surface area (TPSA) is 36.4 Å². The normalized spacial score (nSPS) is 22.5. The number of thioether (sulfide) groups is 1. The van der Waals surface area contributed by atoms with E-state index in [1.54, 1.807) is 6.07 Å². The molecule has 1 atom stereocenters. The number of halogens is 3. The first kappa shape index (κ1) is 17.4. The van der Waals surface area contributed by atoms with Crippen molar-refractivity contribution in [2.45, 2.75) is 19.0 Å². The van der Waals surface area contributed by atoms with Gasteiger partial charge >= 0.3 is 6.18 Å². The molecule has 3 heterocycles. The molecule has 1 aromatic rings. The summed E-state index contributed by atoms with van der Waals surface area (Å²) < 4.78 is 38.5. The Morgan fingerprint density at radius 2 is 2.00 bits per heavy atom. The van der Waals surface area contributed by atoms with E-state index in [9.17, 15) is 18.0 Å². The van der Waals surface area contributed by atoms with E-state index < -0.39 is 11.9 Å². The lowest BCUT2D eigenvalue weighted by Gasteiger charge is -2.37. The van der Waals surface area contributed by atoms with Gasteiger partial charge in [-0.2, -0.15) is 24.9 Å². The number of carbonyl (C=O) groups excluding carboxylic acids is 1. The van der Waals surface area contributed by atoms with Crippen molar-refractivity contribution in [3.63, 3.8) is 0 Å². The van der Waals surface area contributed by atoms with Crippen LogP contribution in [0, 0.1) is 5.92 Å². The highest BCUT2D eigenvalue weighted by atomic mass is 32.2. The van der Waals surface area contributed by atoms with Crippen LogP contribution in [0.4, 0.5) is 18.9 Å². The predicted molar refractivity (Wildman–Crippen MR) is 88.1 cm³/mol. The lowest BCUT2D eigenvalue weighted by atomic mass is 9.96. The van der Waals surface area contributed by atoms with Gasteiger partial charge < -0.3 is 9.80 Å². The highest BCUT2D eigenvalue weighted by Crippen LogP contribution is 2.31. The van der Waals surface area contributed by atoms with E-state index in [2.05, 4.69) is 4.98 Å². The van der Waals surface area contributed by atoms with Crippen molar-refractivity contribution >= 4 is 23.4 Å². The summed E-state index contributed by atoms with van der Waals surface area (Å²) >= 11 is 1.85. The summed E-state index contributed by atoms with van der Waals surface area (Å²) in [7, 11) is 0. The summed E-state index contributed by atoms with van der Waals surface area (Å²) in [5, 5.41) is 0. The summed E-state index contributed by atoms with van der Waals surface area (Å²) in [5.74, 6) is 1.93. The highest BCUT2D eigenvalue weighted by molar-refractivity contribution is 7.99. The molecule has 0 radical (unpaired) electrons. The van der Waals surface area contributed by atoms with Crippen LogP contribution in [0.1, 0.15) is 18.5 Å². The van der Waals surface area contributed by atoms with Crippen molar-refractivity contribution in [3.05, 3.63) is 24.0 Å². The number of pyridine rings is 1. The quantitative estimate of drug-likeness (QED) is 0.814. The van der Waals surface area contributed by atoms with Gasteiger partial charge in [0.25, 0.3) is 0 Å². The van der Waals surface area contributed by atoms with E-state index in [1.807, 2.05) is 21.6 Å². The van der Waals surface area contributed by atoms with Crippen LogP contribution in [0.3, 0.4) is 0 Å². The van der Waals surface area contributed by atoms with Gasteiger partial charge in [0.1, 0.15) is 5.69 Å². The van der Waals surface area contributed by atoms with Crippen LogP contribution >= 0.6 is 11.8 Å². The van der Waals surface area contributed by atoms with Gasteiger partial charge in [-0.1, -0.05) is 0 Å². The SMILES string of the molecule is O=C(C1CCCN(c2ccnc(C(F)(F)F)c2)C1)N1CCSCC1. The molecular formula is C16H20F3N3OS. The van der Waals surface area contributed by atoms with Gasteiger partial charge in [-0.3, -0.25) is 9.78 Å².